The van der Waals surface area contributed by atoms with Gasteiger partial charge in [0.1, 0.15) is 24.7 Å². The van der Waals surface area contributed by atoms with Crippen molar-refractivity contribution < 1.29 is 13.6 Å². The third-order valence-corrected chi connectivity index (χ3v) is 4.46. The summed E-state index contributed by atoms with van der Waals surface area (Å²) in [7, 11) is 0. The predicted molar refractivity (Wildman–Crippen MR) is 97.7 cm³/mol. The number of carbonyl (C=O) groups excluding carboxylic acids is 1. The minimum absolute atomic E-state index is 0.134. The lowest BCUT2D eigenvalue weighted by molar-refractivity contribution is 0.0165. The maximum atomic E-state index is 12.6. The van der Waals surface area contributed by atoms with E-state index in [0.29, 0.717) is 29.9 Å². The number of aromatic nitrogens is 3. The molecule has 1 N–H and O–H groups in total. The quantitative estimate of drug-likeness (QED) is 0.903. The largest absolute Gasteiger partial charge is 0.444 e. The Morgan fingerprint density at radius 1 is 1.52 bits per heavy atom. The van der Waals surface area contributed by atoms with E-state index in [9.17, 15) is 4.79 Å². The van der Waals surface area contributed by atoms with Crippen LogP contribution in [0.15, 0.2) is 18.6 Å². The highest BCUT2D eigenvalue weighted by Crippen LogP contribution is 2.29. The van der Waals surface area contributed by atoms with Crippen molar-refractivity contribution in [1.82, 2.24) is 19.9 Å². The predicted octanol–water partition coefficient (Wildman–Crippen LogP) is 3.04. The van der Waals surface area contributed by atoms with Gasteiger partial charge in [0.2, 0.25) is 0 Å². The van der Waals surface area contributed by atoms with Crippen LogP contribution in [0.1, 0.15) is 38.2 Å². The van der Waals surface area contributed by atoms with Gasteiger partial charge in [-0.3, -0.25) is 0 Å². The van der Waals surface area contributed by atoms with Crippen molar-refractivity contribution in [2.75, 3.05) is 25.0 Å². The van der Waals surface area contributed by atoms with Crippen molar-refractivity contribution in [3.8, 4) is 0 Å². The van der Waals surface area contributed by atoms with E-state index >= 15 is 0 Å². The van der Waals surface area contributed by atoms with Crippen LogP contribution in [0.5, 0.6) is 0 Å². The molecule has 0 saturated carbocycles. The van der Waals surface area contributed by atoms with Gasteiger partial charge in [-0.05, 0) is 39.2 Å². The SMILES string of the molecule is [2H]c1nc(N(C([2H])[2H])C2CN(C(=O)OC(C)(C)C)CCC2C)c2cc[nH]c2n1. The number of piperidine rings is 1. The summed E-state index contributed by atoms with van der Waals surface area (Å²) in [4.78, 5) is 27.0. The summed E-state index contributed by atoms with van der Waals surface area (Å²) in [6.45, 7) is 7.06. The molecule has 2 atom stereocenters. The van der Waals surface area contributed by atoms with Gasteiger partial charge < -0.3 is 19.5 Å². The third-order valence-electron chi connectivity index (χ3n) is 4.46. The van der Waals surface area contributed by atoms with E-state index in [2.05, 4.69) is 15.0 Å². The Morgan fingerprint density at radius 2 is 2.32 bits per heavy atom. The van der Waals surface area contributed by atoms with E-state index < -0.39 is 18.7 Å². The monoisotopic (exact) mass is 348 g/mol. The Hall–Kier alpha value is -2.31. The first-order valence-corrected chi connectivity index (χ1v) is 8.49. The van der Waals surface area contributed by atoms with Crippen molar-refractivity contribution in [2.24, 2.45) is 5.92 Å². The fourth-order valence-corrected chi connectivity index (χ4v) is 3.07. The number of anilines is 1. The second-order valence-corrected chi connectivity index (χ2v) is 7.55. The van der Waals surface area contributed by atoms with Crippen LogP contribution in [0, 0.1) is 5.92 Å². The number of carbonyl (C=O) groups is 1. The minimum Gasteiger partial charge on any atom is -0.444 e. The lowest BCUT2D eigenvalue weighted by Crippen LogP contribution is -2.53. The lowest BCUT2D eigenvalue weighted by atomic mass is 9.92. The fraction of sp³-hybridized carbons (Fsp3) is 0.611. The highest BCUT2D eigenvalue weighted by atomic mass is 16.6. The average Bonchev–Trinajstić information content (AvgIpc) is 3.03. The van der Waals surface area contributed by atoms with E-state index in [4.69, 9.17) is 8.85 Å². The molecular weight excluding hydrogens is 318 g/mol. The Morgan fingerprint density at radius 3 is 3.04 bits per heavy atom. The van der Waals surface area contributed by atoms with Gasteiger partial charge in [0, 0.05) is 29.0 Å². The van der Waals surface area contributed by atoms with Crippen LogP contribution in [0.25, 0.3) is 11.0 Å². The summed E-state index contributed by atoms with van der Waals surface area (Å²) < 4.78 is 29.7. The van der Waals surface area contributed by atoms with Gasteiger partial charge in [-0.15, -0.1) is 0 Å². The van der Waals surface area contributed by atoms with Gasteiger partial charge in [-0.1, -0.05) is 6.92 Å². The molecule has 0 bridgehead atoms. The first-order chi connectivity index (χ1) is 13.1. The van der Waals surface area contributed by atoms with Gasteiger partial charge in [0.25, 0.3) is 0 Å². The van der Waals surface area contributed by atoms with E-state index in [0.717, 1.165) is 6.42 Å². The summed E-state index contributed by atoms with van der Waals surface area (Å²) in [5.74, 6) is 0.504. The molecule has 1 amide bonds. The number of likely N-dealkylation sites (N-methyl/N-ethyl adjacent to an activating group) is 1. The van der Waals surface area contributed by atoms with Gasteiger partial charge in [-0.25, -0.2) is 14.8 Å². The minimum atomic E-state index is -1.35. The number of fused-ring (bicyclic) bond motifs is 1. The first-order valence-electron chi connectivity index (χ1n) is 10.1. The second kappa shape index (κ2) is 6.54. The first kappa shape index (κ1) is 13.9. The molecule has 1 fully saturated rings. The van der Waals surface area contributed by atoms with Gasteiger partial charge in [0.05, 0.1) is 11.4 Å². The normalized spacial score (nSPS) is 23.2. The standard InChI is InChI=1S/C18H27N5O2/c1-12-7-9-23(17(24)25-18(2,3)4)10-14(12)22(5)16-13-6-8-19-15(13)20-11-21-16/h6,8,11-12,14H,7,9-10H2,1-5H3,(H,19,20,21)/i5D2,11D. The topological polar surface area (TPSA) is 74.3 Å². The van der Waals surface area contributed by atoms with Gasteiger partial charge >= 0.3 is 6.09 Å². The van der Waals surface area contributed by atoms with Crippen LogP contribution >= 0.6 is 0 Å². The number of aromatic amines is 1. The Bertz CT molecular complexity index is 851. The third kappa shape index (κ3) is 3.70. The van der Waals surface area contributed by atoms with Gasteiger partial charge in [0.15, 0.2) is 0 Å². The smallest absolute Gasteiger partial charge is 0.410 e. The van der Waals surface area contributed by atoms with E-state index in [1.54, 1.807) is 22.1 Å². The number of ether oxygens (including phenoxy) is 1. The molecule has 1 saturated heterocycles. The number of rotatable bonds is 2. The summed E-state index contributed by atoms with van der Waals surface area (Å²) in [6.07, 6.45) is 1.85. The summed E-state index contributed by atoms with van der Waals surface area (Å²) >= 11 is 0. The molecule has 136 valence electrons. The van der Waals surface area contributed by atoms with Crippen LogP contribution in [0.4, 0.5) is 10.6 Å². The highest BCUT2D eigenvalue weighted by Gasteiger charge is 2.34. The van der Waals surface area contributed by atoms with Crippen molar-refractivity contribution in [3.63, 3.8) is 0 Å². The zero-order chi connectivity index (χ0) is 20.6. The molecule has 25 heavy (non-hydrogen) atoms. The molecule has 7 nitrogen and oxygen atoms in total. The molecule has 0 aliphatic carbocycles. The van der Waals surface area contributed by atoms with Crippen LogP contribution in [0.2, 0.25) is 0 Å². The molecule has 0 radical (unpaired) electrons. The number of hydrogen-bond acceptors (Lipinski definition) is 5. The summed E-state index contributed by atoms with van der Waals surface area (Å²) in [5.41, 5.74) is -0.0969. The zero-order valence-electron chi connectivity index (χ0n) is 18.1. The number of nitrogens with zero attached hydrogens (tertiary/aromatic N) is 4. The van der Waals surface area contributed by atoms with Crippen molar-refractivity contribution in [2.45, 2.75) is 45.8 Å². The maximum absolute atomic E-state index is 12.6. The Kier molecular flexibility index (Phi) is 3.64. The summed E-state index contributed by atoms with van der Waals surface area (Å²) in [6, 6.07) is 1.48. The van der Waals surface area contributed by atoms with E-state index in [1.165, 1.54) is 0 Å². The number of hydrogen-bond donors (Lipinski definition) is 1. The Balaban J connectivity index is 1.94. The lowest BCUT2D eigenvalue weighted by Gasteiger charge is -2.42. The molecule has 0 aromatic carbocycles. The molecule has 0 spiro atoms. The Labute approximate surface area is 152 Å². The summed E-state index contributed by atoms with van der Waals surface area (Å²) in [5, 5.41) is 0.655. The fourth-order valence-electron chi connectivity index (χ4n) is 3.07. The molecule has 1 aliphatic heterocycles. The molecule has 2 aromatic heterocycles. The van der Waals surface area contributed by atoms with Crippen LogP contribution in [-0.2, 0) is 4.74 Å². The van der Waals surface area contributed by atoms with Crippen molar-refractivity contribution in [3.05, 3.63) is 18.6 Å². The molecule has 1 aliphatic rings. The van der Waals surface area contributed by atoms with Crippen molar-refractivity contribution in [1.29, 1.82) is 0 Å². The average molecular weight is 348 g/mol. The molecule has 2 unspecified atom stereocenters. The number of amides is 1. The number of H-pyrrole nitrogens is 1. The maximum Gasteiger partial charge on any atom is 0.410 e. The molecule has 3 rings (SSSR count). The van der Waals surface area contributed by atoms with Crippen molar-refractivity contribution >= 4 is 22.9 Å². The van der Waals surface area contributed by atoms with Gasteiger partial charge in [-0.2, -0.15) is 0 Å². The van der Waals surface area contributed by atoms with Crippen LogP contribution in [-0.4, -0.2) is 57.7 Å². The van der Waals surface area contributed by atoms with E-state index in [-0.39, 0.29) is 18.3 Å². The molecule has 2 aromatic rings. The number of likely N-dealkylation sites (tertiary alicyclic amines) is 1. The zero-order valence-corrected chi connectivity index (χ0v) is 15.1. The number of nitrogens with one attached hydrogen (secondary N) is 1. The van der Waals surface area contributed by atoms with Crippen LogP contribution < -0.4 is 4.90 Å². The molecule has 3 heterocycles. The molecule has 7 heteroatoms. The molecular formula is C18H27N5O2. The van der Waals surface area contributed by atoms with Crippen LogP contribution in [0.3, 0.4) is 0 Å². The highest BCUT2D eigenvalue weighted by molar-refractivity contribution is 5.87. The second-order valence-electron chi connectivity index (χ2n) is 7.55. The van der Waals surface area contributed by atoms with E-state index in [1.807, 2.05) is 27.7 Å².